The second-order valence-electron chi connectivity index (χ2n) is 14.7. The lowest BCUT2D eigenvalue weighted by Gasteiger charge is -2.22. The van der Waals surface area contributed by atoms with Crippen LogP contribution in [0.4, 0.5) is 0 Å². The number of aliphatic hydroxyl groups is 1. The molecule has 0 amide bonds. The maximum absolute atomic E-state index is 9.73. The molecule has 0 aliphatic carbocycles. The Morgan fingerprint density at radius 3 is 2.63 bits per heavy atom. The maximum atomic E-state index is 9.73. The van der Waals surface area contributed by atoms with Crippen molar-refractivity contribution >= 4 is 45.0 Å². The Kier molecular flexibility index (Phi) is 11.1. The van der Waals surface area contributed by atoms with Gasteiger partial charge in [-0.2, -0.15) is 10.2 Å². The molecule has 8 rings (SSSR count). The van der Waals surface area contributed by atoms with Crippen LogP contribution >= 0.6 is 23.4 Å². The molecule has 10 nitrogen and oxygen atoms in total. The number of aromatic nitrogens is 5. The van der Waals surface area contributed by atoms with Crippen molar-refractivity contribution in [2.75, 3.05) is 33.7 Å². The summed E-state index contributed by atoms with van der Waals surface area (Å²) >= 11 is 9.09. The average molecular weight is 769 g/mol. The zero-order valence-electron chi connectivity index (χ0n) is 31.6. The zero-order chi connectivity index (χ0) is 37.3. The number of rotatable bonds is 5. The van der Waals surface area contributed by atoms with Crippen LogP contribution in [0.5, 0.6) is 5.75 Å². The highest BCUT2D eigenvalue weighted by Gasteiger charge is 2.27. The van der Waals surface area contributed by atoms with E-state index in [0.29, 0.717) is 30.6 Å². The van der Waals surface area contributed by atoms with Gasteiger partial charge in [-0.25, -0.2) is 0 Å². The number of aliphatic hydroxyl groups excluding tert-OH is 1. The molecule has 0 radical (unpaired) electrons. The first-order valence-corrected chi connectivity index (χ1v) is 20.3. The molecule has 0 atom stereocenters. The van der Waals surface area contributed by atoms with E-state index in [1.54, 1.807) is 11.8 Å². The van der Waals surface area contributed by atoms with Gasteiger partial charge >= 0.3 is 0 Å². The van der Waals surface area contributed by atoms with Gasteiger partial charge in [0.2, 0.25) is 0 Å². The molecule has 5 heterocycles. The van der Waals surface area contributed by atoms with E-state index >= 15 is 0 Å². The van der Waals surface area contributed by atoms with Gasteiger partial charge in [-0.05, 0) is 80.8 Å². The fourth-order valence-corrected chi connectivity index (χ4v) is 9.53. The van der Waals surface area contributed by atoms with E-state index in [2.05, 4.69) is 83.7 Å². The molecule has 1 N–H and O–H groups in total. The minimum atomic E-state index is -0.356. The Labute approximate surface area is 325 Å². The summed E-state index contributed by atoms with van der Waals surface area (Å²) in [5.74, 6) is 2.19. The second kappa shape index (κ2) is 16.1. The molecule has 0 saturated carbocycles. The summed E-state index contributed by atoms with van der Waals surface area (Å²) in [7, 11) is 6.25. The molecule has 12 heteroatoms. The fourth-order valence-electron chi connectivity index (χ4n) is 8.30. The molecule has 0 unspecified atom stereocenters. The van der Waals surface area contributed by atoms with Gasteiger partial charge in [-0.3, -0.25) is 14.3 Å². The van der Waals surface area contributed by atoms with Gasteiger partial charge < -0.3 is 23.9 Å². The van der Waals surface area contributed by atoms with Crippen LogP contribution in [0.3, 0.4) is 0 Å². The SMILES string of the molecule is Cc1c2c(nn1CC1CCOCC1)CN(C)Cc1cc(n(C)n1)CSc1cc(c3ccccc3c1)OCCCc1c(COCO)n(C)c3c-2c(Cl)ccc13. The molecular formula is C42H49ClN6O4S. The fraction of sp³-hybridized carbons (Fsp3) is 0.429. The van der Waals surface area contributed by atoms with Gasteiger partial charge in [-0.15, -0.1) is 11.8 Å². The smallest absolute Gasteiger partial charge is 0.144 e. The molecule has 54 heavy (non-hydrogen) atoms. The van der Waals surface area contributed by atoms with Crippen LogP contribution in [0, 0.1) is 12.8 Å². The first-order valence-electron chi connectivity index (χ1n) is 18.9. The number of hydrogen-bond donors (Lipinski definition) is 1. The molecule has 8 bridgehead atoms. The van der Waals surface area contributed by atoms with Crippen molar-refractivity contribution in [1.29, 1.82) is 0 Å². The minimum absolute atomic E-state index is 0.280. The normalized spacial score (nSPS) is 16.5. The predicted molar refractivity (Wildman–Crippen MR) is 215 cm³/mol. The Morgan fingerprint density at radius 2 is 1.80 bits per heavy atom. The molecule has 3 aromatic carbocycles. The number of benzene rings is 3. The van der Waals surface area contributed by atoms with E-state index in [-0.39, 0.29) is 13.4 Å². The molecule has 2 aliphatic heterocycles. The Bertz CT molecular complexity index is 2290. The molecule has 6 aromatic rings. The van der Waals surface area contributed by atoms with E-state index in [0.717, 1.165) is 117 Å². The van der Waals surface area contributed by atoms with E-state index in [9.17, 15) is 5.11 Å². The maximum Gasteiger partial charge on any atom is 0.144 e. The summed E-state index contributed by atoms with van der Waals surface area (Å²) in [5.41, 5.74) is 9.58. The lowest BCUT2D eigenvalue weighted by molar-refractivity contribution is -0.0134. The van der Waals surface area contributed by atoms with Gasteiger partial charge in [0, 0.05) is 96.6 Å². The average Bonchev–Trinajstić information content (AvgIpc) is 3.76. The molecule has 1 saturated heterocycles. The Morgan fingerprint density at radius 1 is 0.963 bits per heavy atom. The van der Waals surface area contributed by atoms with Crippen molar-refractivity contribution in [3.05, 3.63) is 93.7 Å². The van der Waals surface area contributed by atoms with Crippen molar-refractivity contribution in [3.63, 3.8) is 0 Å². The number of aryl methyl sites for hydroxylation is 3. The molecule has 3 aromatic heterocycles. The first-order chi connectivity index (χ1) is 26.3. The number of nitrogens with zero attached hydrogens (tertiary/aromatic N) is 6. The van der Waals surface area contributed by atoms with Crippen LogP contribution < -0.4 is 4.74 Å². The van der Waals surface area contributed by atoms with E-state index in [4.69, 9.17) is 36.0 Å². The summed E-state index contributed by atoms with van der Waals surface area (Å²) < 4.78 is 24.4. The van der Waals surface area contributed by atoms with Crippen LogP contribution in [-0.4, -0.2) is 67.8 Å². The number of halogens is 1. The third-order valence-electron chi connectivity index (χ3n) is 11.1. The molecule has 1 fully saturated rings. The van der Waals surface area contributed by atoms with Gasteiger partial charge in [-0.1, -0.05) is 41.9 Å². The highest BCUT2D eigenvalue weighted by Crippen LogP contribution is 2.43. The summed E-state index contributed by atoms with van der Waals surface area (Å²) in [6, 6.07) is 19.2. The Balaban J connectivity index is 1.26. The lowest BCUT2D eigenvalue weighted by Crippen LogP contribution is -2.22. The predicted octanol–water partition coefficient (Wildman–Crippen LogP) is 8.03. The highest BCUT2D eigenvalue weighted by atomic mass is 35.5. The largest absolute Gasteiger partial charge is 0.493 e. The molecule has 284 valence electrons. The quantitative estimate of drug-likeness (QED) is 0.177. The standard InChI is InChI=1S/C42H49ClN6O4S/c1-27-40-37(45-49(27)21-28-13-16-51-17-14-28)23-46(2)22-30-19-31(48(4)44-30)25-54-32-18-29-8-5-6-9-33(29)39(20-32)53-15-7-10-34-35-11-12-36(43)41(40)42(35)47(3)38(34)24-52-26-50/h5-6,8-9,11-12,18-20,28,50H,7,10,13-17,21-26H2,1-4H3. The van der Waals surface area contributed by atoms with Crippen LogP contribution in [-0.2, 0) is 62.0 Å². The van der Waals surface area contributed by atoms with Gasteiger partial charge in [0.05, 0.1) is 35.1 Å². The lowest BCUT2D eigenvalue weighted by atomic mass is 9.97. The van der Waals surface area contributed by atoms with Gasteiger partial charge in [0.25, 0.3) is 0 Å². The topological polar surface area (TPSA) is 91.7 Å². The van der Waals surface area contributed by atoms with Crippen LogP contribution in [0.15, 0.2) is 59.5 Å². The molecule has 0 spiro atoms. The van der Waals surface area contributed by atoms with Gasteiger partial charge in [0.15, 0.2) is 0 Å². The monoisotopic (exact) mass is 768 g/mol. The van der Waals surface area contributed by atoms with Crippen molar-refractivity contribution in [2.24, 2.45) is 20.0 Å². The number of ether oxygens (including phenoxy) is 3. The van der Waals surface area contributed by atoms with Crippen molar-refractivity contribution in [2.45, 2.75) is 69.5 Å². The third kappa shape index (κ3) is 7.42. The number of hydrogen-bond acceptors (Lipinski definition) is 8. The highest BCUT2D eigenvalue weighted by molar-refractivity contribution is 7.98. The second-order valence-corrected chi connectivity index (χ2v) is 16.2. The third-order valence-corrected chi connectivity index (χ3v) is 12.4. The molecule has 2 aliphatic rings. The van der Waals surface area contributed by atoms with Crippen LogP contribution in [0.1, 0.15) is 53.3 Å². The zero-order valence-corrected chi connectivity index (χ0v) is 33.2. The first kappa shape index (κ1) is 37.1. The number of thioether (sulfide) groups is 1. The summed E-state index contributed by atoms with van der Waals surface area (Å²) in [6.07, 6.45) is 3.63. The van der Waals surface area contributed by atoms with Crippen molar-refractivity contribution < 1.29 is 19.3 Å². The van der Waals surface area contributed by atoms with Crippen molar-refractivity contribution in [1.82, 2.24) is 29.0 Å². The number of fused-ring (bicyclic) bond motifs is 8. The van der Waals surface area contributed by atoms with Crippen LogP contribution in [0.25, 0.3) is 32.8 Å². The Hall–Kier alpha value is -3.84. The minimum Gasteiger partial charge on any atom is -0.493 e. The summed E-state index contributed by atoms with van der Waals surface area (Å²) in [4.78, 5) is 3.46. The van der Waals surface area contributed by atoms with Crippen molar-refractivity contribution in [3.8, 4) is 16.9 Å². The van der Waals surface area contributed by atoms with E-state index in [1.165, 1.54) is 11.3 Å². The van der Waals surface area contributed by atoms with E-state index < -0.39 is 0 Å². The summed E-state index contributed by atoms with van der Waals surface area (Å²) in [5, 5.41) is 24.1. The van der Waals surface area contributed by atoms with Crippen LogP contribution in [0.2, 0.25) is 5.02 Å². The van der Waals surface area contributed by atoms with E-state index in [1.807, 2.05) is 17.8 Å². The van der Waals surface area contributed by atoms with Gasteiger partial charge in [0.1, 0.15) is 12.5 Å². The molecular weight excluding hydrogens is 720 g/mol. The summed E-state index contributed by atoms with van der Waals surface area (Å²) in [6.45, 7) is 6.38.